The van der Waals surface area contributed by atoms with Crippen LogP contribution in [0.4, 0.5) is 4.39 Å². The first-order chi connectivity index (χ1) is 8.71. The zero-order chi connectivity index (χ0) is 14.6. The summed E-state index contributed by atoms with van der Waals surface area (Å²) in [4.78, 5) is 11.8. The normalized spacial score (nSPS) is 13.1. The van der Waals surface area contributed by atoms with E-state index in [4.69, 9.17) is 0 Å². The number of aliphatic hydroxyl groups excluding tert-OH is 1. The maximum absolute atomic E-state index is 13.0. The Morgan fingerprint density at radius 3 is 2.68 bits per heavy atom. The van der Waals surface area contributed by atoms with Crippen LogP contribution < -0.4 is 5.32 Å². The molecule has 0 bridgehead atoms. The molecular weight excluding hydrogens is 249 g/mol. The van der Waals surface area contributed by atoms with Crippen molar-refractivity contribution in [3.63, 3.8) is 0 Å². The number of phenolic OH excluding ortho intramolecular Hbond substituents is 1. The summed E-state index contributed by atoms with van der Waals surface area (Å²) in [5, 5.41) is 21.5. The molecular formula is C14H20FNO3. The highest BCUT2D eigenvalue weighted by molar-refractivity contribution is 5.96. The molecule has 0 saturated heterocycles. The van der Waals surface area contributed by atoms with Crippen molar-refractivity contribution in [2.45, 2.75) is 33.3 Å². The molecule has 0 aliphatic carbocycles. The Bertz CT molecular complexity index is 458. The van der Waals surface area contributed by atoms with Crippen LogP contribution in [0.25, 0.3) is 0 Å². The van der Waals surface area contributed by atoms with Gasteiger partial charge in [0.25, 0.3) is 5.91 Å². The number of nitrogens with one attached hydrogen (secondary N) is 1. The van der Waals surface area contributed by atoms with Gasteiger partial charge in [-0.1, -0.05) is 13.8 Å². The van der Waals surface area contributed by atoms with Crippen molar-refractivity contribution < 1.29 is 19.4 Å². The van der Waals surface area contributed by atoms with Crippen LogP contribution in [0.1, 0.15) is 37.6 Å². The monoisotopic (exact) mass is 269 g/mol. The predicted molar refractivity (Wildman–Crippen MR) is 70.5 cm³/mol. The zero-order valence-electron chi connectivity index (χ0n) is 11.4. The summed E-state index contributed by atoms with van der Waals surface area (Å²) in [6, 6.07) is 3.22. The minimum absolute atomic E-state index is 0.0900. The lowest BCUT2D eigenvalue weighted by molar-refractivity contribution is 0.0899. The molecule has 3 N–H and O–H groups in total. The molecule has 1 aromatic carbocycles. The summed E-state index contributed by atoms with van der Waals surface area (Å²) in [7, 11) is 0. The molecule has 19 heavy (non-hydrogen) atoms. The van der Waals surface area contributed by atoms with Gasteiger partial charge in [0.05, 0.1) is 11.7 Å². The van der Waals surface area contributed by atoms with Gasteiger partial charge in [-0.25, -0.2) is 4.39 Å². The number of aromatic hydroxyl groups is 1. The minimum atomic E-state index is -0.578. The second-order valence-corrected chi connectivity index (χ2v) is 5.56. The van der Waals surface area contributed by atoms with Crippen LogP contribution in [0.5, 0.6) is 5.75 Å². The Kier molecular flexibility index (Phi) is 4.89. The predicted octanol–water partition coefficient (Wildman–Crippen LogP) is 2.06. The summed E-state index contributed by atoms with van der Waals surface area (Å²) in [6.07, 6.45) is 0.0667. The molecule has 0 aliphatic heterocycles. The molecule has 5 heteroatoms. The highest BCUT2D eigenvalue weighted by Gasteiger charge is 2.22. The van der Waals surface area contributed by atoms with E-state index in [1.54, 1.807) is 6.92 Å². The van der Waals surface area contributed by atoms with Crippen molar-refractivity contribution in [2.24, 2.45) is 5.41 Å². The van der Waals surface area contributed by atoms with Gasteiger partial charge in [-0.3, -0.25) is 4.79 Å². The van der Waals surface area contributed by atoms with Crippen LogP contribution in [0.3, 0.4) is 0 Å². The van der Waals surface area contributed by atoms with Gasteiger partial charge in [0, 0.05) is 6.54 Å². The fraction of sp³-hybridized carbons (Fsp3) is 0.500. The number of carbonyl (C=O) groups excluding carboxylic acids is 1. The van der Waals surface area contributed by atoms with Gasteiger partial charge in [0.15, 0.2) is 0 Å². The third-order valence-corrected chi connectivity index (χ3v) is 2.78. The Morgan fingerprint density at radius 1 is 1.47 bits per heavy atom. The summed E-state index contributed by atoms with van der Waals surface area (Å²) in [5.74, 6) is -1.37. The van der Waals surface area contributed by atoms with Crippen molar-refractivity contribution >= 4 is 5.91 Å². The smallest absolute Gasteiger partial charge is 0.255 e. The van der Waals surface area contributed by atoms with Crippen molar-refractivity contribution in [3.8, 4) is 5.75 Å². The SMILES string of the molecule is CC(O)CC(C)(C)CNC(=O)c1cc(F)ccc1O. The number of halogens is 1. The van der Waals surface area contributed by atoms with E-state index in [0.717, 1.165) is 18.2 Å². The number of phenols is 1. The number of rotatable bonds is 5. The maximum atomic E-state index is 13.0. The van der Waals surface area contributed by atoms with Crippen molar-refractivity contribution in [2.75, 3.05) is 6.54 Å². The summed E-state index contributed by atoms with van der Waals surface area (Å²) in [6.45, 7) is 5.82. The first-order valence-corrected chi connectivity index (χ1v) is 6.16. The highest BCUT2D eigenvalue weighted by Crippen LogP contribution is 2.22. The van der Waals surface area contributed by atoms with E-state index in [-0.39, 0.29) is 16.7 Å². The number of hydrogen-bond donors (Lipinski definition) is 3. The molecule has 4 nitrogen and oxygen atoms in total. The van der Waals surface area contributed by atoms with E-state index in [2.05, 4.69) is 5.32 Å². The fourth-order valence-corrected chi connectivity index (χ4v) is 1.98. The number of carbonyl (C=O) groups is 1. The standard InChI is InChI=1S/C14H20FNO3/c1-9(17)7-14(2,3)8-16-13(19)11-6-10(15)4-5-12(11)18/h4-6,9,17-18H,7-8H2,1-3H3,(H,16,19). The van der Waals surface area contributed by atoms with Gasteiger partial charge in [-0.2, -0.15) is 0 Å². The molecule has 0 aromatic heterocycles. The Morgan fingerprint density at radius 2 is 2.11 bits per heavy atom. The van der Waals surface area contributed by atoms with E-state index in [9.17, 15) is 19.4 Å². The molecule has 1 atom stereocenters. The summed E-state index contributed by atoms with van der Waals surface area (Å²) < 4.78 is 13.0. The van der Waals surface area contributed by atoms with Gasteiger partial charge in [0.1, 0.15) is 11.6 Å². The van der Waals surface area contributed by atoms with Crippen LogP contribution in [-0.2, 0) is 0 Å². The highest BCUT2D eigenvalue weighted by atomic mass is 19.1. The molecule has 1 amide bonds. The van der Waals surface area contributed by atoms with Crippen LogP contribution in [-0.4, -0.2) is 28.8 Å². The van der Waals surface area contributed by atoms with Gasteiger partial charge in [-0.15, -0.1) is 0 Å². The molecule has 1 unspecified atom stereocenters. The summed E-state index contributed by atoms with van der Waals surface area (Å²) in [5.41, 5.74) is -0.375. The molecule has 1 aromatic rings. The van der Waals surface area contributed by atoms with Crippen molar-refractivity contribution in [1.29, 1.82) is 0 Å². The summed E-state index contributed by atoms with van der Waals surface area (Å²) >= 11 is 0. The van der Waals surface area contributed by atoms with E-state index in [0.29, 0.717) is 13.0 Å². The van der Waals surface area contributed by atoms with E-state index < -0.39 is 17.8 Å². The topological polar surface area (TPSA) is 69.6 Å². The molecule has 0 saturated carbocycles. The Labute approximate surface area is 112 Å². The molecule has 0 radical (unpaired) electrons. The van der Waals surface area contributed by atoms with Gasteiger partial charge >= 0.3 is 0 Å². The Balaban J connectivity index is 2.68. The van der Waals surface area contributed by atoms with Crippen LogP contribution >= 0.6 is 0 Å². The molecule has 0 fully saturated rings. The number of aliphatic hydroxyl groups is 1. The van der Waals surface area contributed by atoms with Gasteiger partial charge in [0.2, 0.25) is 0 Å². The number of hydrogen-bond acceptors (Lipinski definition) is 3. The molecule has 0 spiro atoms. The second-order valence-electron chi connectivity index (χ2n) is 5.56. The zero-order valence-corrected chi connectivity index (χ0v) is 11.4. The number of benzene rings is 1. The first kappa shape index (κ1) is 15.4. The fourth-order valence-electron chi connectivity index (χ4n) is 1.98. The van der Waals surface area contributed by atoms with Crippen LogP contribution in [0.15, 0.2) is 18.2 Å². The lowest BCUT2D eigenvalue weighted by atomic mass is 9.87. The van der Waals surface area contributed by atoms with E-state index in [1.165, 1.54) is 0 Å². The van der Waals surface area contributed by atoms with E-state index >= 15 is 0 Å². The largest absolute Gasteiger partial charge is 0.507 e. The number of amides is 1. The minimum Gasteiger partial charge on any atom is -0.507 e. The van der Waals surface area contributed by atoms with Gasteiger partial charge < -0.3 is 15.5 Å². The third-order valence-electron chi connectivity index (χ3n) is 2.78. The molecule has 1 rings (SSSR count). The third kappa shape index (κ3) is 4.87. The van der Waals surface area contributed by atoms with E-state index in [1.807, 2.05) is 13.8 Å². The van der Waals surface area contributed by atoms with Crippen LogP contribution in [0.2, 0.25) is 0 Å². The maximum Gasteiger partial charge on any atom is 0.255 e. The average molecular weight is 269 g/mol. The van der Waals surface area contributed by atoms with Crippen molar-refractivity contribution in [3.05, 3.63) is 29.6 Å². The second kappa shape index (κ2) is 6.02. The lowest BCUT2D eigenvalue weighted by Gasteiger charge is -2.26. The molecule has 0 heterocycles. The first-order valence-electron chi connectivity index (χ1n) is 6.16. The Hall–Kier alpha value is -1.62. The van der Waals surface area contributed by atoms with Gasteiger partial charge in [-0.05, 0) is 37.0 Å². The molecule has 106 valence electrons. The van der Waals surface area contributed by atoms with Crippen LogP contribution in [0, 0.1) is 11.2 Å². The quantitative estimate of drug-likeness (QED) is 0.766. The lowest BCUT2D eigenvalue weighted by Crippen LogP contribution is -2.35. The molecule has 0 aliphatic rings. The van der Waals surface area contributed by atoms with Crippen molar-refractivity contribution in [1.82, 2.24) is 5.32 Å². The average Bonchev–Trinajstić information content (AvgIpc) is 2.27.